The first kappa shape index (κ1) is 17.5. The summed E-state index contributed by atoms with van der Waals surface area (Å²) in [5.74, 6) is -0.114. The van der Waals surface area contributed by atoms with Crippen LogP contribution in [0.1, 0.15) is 36.2 Å². The number of hydrogen-bond donors (Lipinski definition) is 3. The monoisotopic (exact) mass is 326 g/mol. The Morgan fingerprint density at radius 3 is 2.54 bits per heavy atom. The number of rotatable bonds is 6. The summed E-state index contributed by atoms with van der Waals surface area (Å²) in [5.41, 5.74) is 2.11. The molecule has 0 aliphatic heterocycles. The molecule has 0 unspecified atom stereocenters. The Kier molecular flexibility index (Phi) is 6.31. The van der Waals surface area contributed by atoms with Gasteiger partial charge in [0.15, 0.2) is 0 Å². The van der Waals surface area contributed by atoms with Gasteiger partial charge in [0.25, 0.3) is 5.91 Å². The predicted octanol–water partition coefficient (Wildman–Crippen LogP) is 2.93. The zero-order valence-electron chi connectivity index (χ0n) is 13.9. The van der Waals surface area contributed by atoms with Gasteiger partial charge in [0, 0.05) is 36.2 Å². The first-order valence-corrected chi connectivity index (χ1v) is 7.93. The molecule has 6 nitrogen and oxygen atoms in total. The second-order valence-corrected chi connectivity index (χ2v) is 5.53. The molecule has 0 radical (unpaired) electrons. The quantitative estimate of drug-likeness (QED) is 0.763. The van der Waals surface area contributed by atoms with Gasteiger partial charge in [-0.15, -0.1) is 0 Å². The summed E-state index contributed by atoms with van der Waals surface area (Å²) < 4.78 is 0. The van der Waals surface area contributed by atoms with Crippen molar-refractivity contribution in [3.05, 3.63) is 59.9 Å². The summed E-state index contributed by atoms with van der Waals surface area (Å²) in [7, 11) is 0. The van der Waals surface area contributed by atoms with Crippen LogP contribution in [-0.2, 0) is 6.54 Å². The van der Waals surface area contributed by atoms with Crippen molar-refractivity contribution in [1.29, 1.82) is 0 Å². The van der Waals surface area contributed by atoms with E-state index in [0.717, 1.165) is 12.0 Å². The molecule has 1 aromatic carbocycles. The molecule has 0 fully saturated rings. The molecule has 3 amide bonds. The third-order valence-corrected chi connectivity index (χ3v) is 3.57. The van der Waals surface area contributed by atoms with Crippen LogP contribution in [0.4, 0.5) is 10.5 Å². The van der Waals surface area contributed by atoms with E-state index in [9.17, 15) is 9.59 Å². The zero-order valence-corrected chi connectivity index (χ0v) is 13.9. The Bertz CT molecular complexity index is 671. The molecule has 0 spiro atoms. The highest BCUT2D eigenvalue weighted by atomic mass is 16.2. The largest absolute Gasteiger partial charge is 0.350 e. The molecule has 2 rings (SSSR count). The van der Waals surface area contributed by atoms with E-state index in [4.69, 9.17) is 0 Å². The fourth-order valence-electron chi connectivity index (χ4n) is 1.97. The van der Waals surface area contributed by atoms with Crippen LogP contribution in [-0.4, -0.2) is 23.0 Å². The molecule has 1 heterocycles. The molecule has 2 aromatic rings. The van der Waals surface area contributed by atoms with E-state index in [1.54, 1.807) is 36.7 Å². The van der Waals surface area contributed by atoms with Crippen molar-refractivity contribution >= 4 is 17.6 Å². The van der Waals surface area contributed by atoms with Crippen LogP contribution in [0.15, 0.2) is 48.8 Å². The third kappa shape index (κ3) is 5.39. The summed E-state index contributed by atoms with van der Waals surface area (Å²) >= 11 is 0. The highest BCUT2D eigenvalue weighted by Crippen LogP contribution is 2.10. The number of carbonyl (C=O) groups excluding carboxylic acids is 2. The summed E-state index contributed by atoms with van der Waals surface area (Å²) in [6.45, 7) is 4.37. The van der Waals surface area contributed by atoms with Gasteiger partial charge in [-0.1, -0.05) is 13.0 Å². The van der Waals surface area contributed by atoms with E-state index >= 15 is 0 Å². The van der Waals surface area contributed by atoms with Gasteiger partial charge in [0.05, 0.1) is 0 Å². The number of aromatic nitrogens is 1. The molecular formula is C18H22N4O2. The predicted molar refractivity (Wildman–Crippen MR) is 93.8 cm³/mol. The molecule has 6 heteroatoms. The van der Waals surface area contributed by atoms with Crippen molar-refractivity contribution < 1.29 is 9.59 Å². The number of nitrogens with zero attached hydrogens (tertiary/aromatic N) is 1. The van der Waals surface area contributed by atoms with E-state index in [2.05, 4.69) is 20.9 Å². The minimum Gasteiger partial charge on any atom is -0.350 e. The molecule has 0 bridgehead atoms. The summed E-state index contributed by atoms with van der Waals surface area (Å²) in [6.07, 6.45) is 4.26. The second kappa shape index (κ2) is 8.67. The van der Waals surface area contributed by atoms with Gasteiger partial charge in [-0.05, 0) is 49.2 Å². The van der Waals surface area contributed by atoms with Crippen LogP contribution in [0, 0.1) is 0 Å². The van der Waals surface area contributed by atoms with Gasteiger partial charge >= 0.3 is 6.03 Å². The van der Waals surface area contributed by atoms with Crippen molar-refractivity contribution in [2.24, 2.45) is 0 Å². The first-order chi connectivity index (χ1) is 11.6. The number of benzene rings is 1. The lowest BCUT2D eigenvalue weighted by Gasteiger charge is -2.12. The summed E-state index contributed by atoms with van der Waals surface area (Å²) in [5, 5.41) is 8.38. The normalized spacial score (nSPS) is 11.4. The Hall–Kier alpha value is -2.89. The Balaban J connectivity index is 1.84. The van der Waals surface area contributed by atoms with E-state index in [-0.39, 0.29) is 18.0 Å². The standard InChI is InChI=1S/C18H22N4O2/c1-3-13(2)21-17(23)15-6-8-16(9-7-15)22-18(24)20-12-14-5-4-10-19-11-14/h4-11,13H,3,12H2,1-2H3,(H,21,23)(H2,20,22,24)/t13-/m1/s1. The summed E-state index contributed by atoms with van der Waals surface area (Å²) in [4.78, 5) is 27.8. The fourth-order valence-corrected chi connectivity index (χ4v) is 1.97. The van der Waals surface area contributed by atoms with Crippen LogP contribution >= 0.6 is 0 Å². The van der Waals surface area contributed by atoms with Crippen LogP contribution in [0.5, 0.6) is 0 Å². The van der Waals surface area contributed by atoms with Crippen molar-refractivity contribution in [3.63, 3.8) is 0 Å². The number of amides is 3. The van der Waals surface area contributed by atoms with Gasteiger partial charge in [0.1, 0.15) is 0 Å². The molecule has 0 aliphatic carbocycles. The minimum absolute atomic E-state index is 0.114. The van der Waals surface area contributed by atoms with Crippen molar-refractivity contribution in [1.82, 2.24) is 15.6 Å². The Morgan fingerprint density at radius 1 is 1.17 bits per heavy atom. The second-order valence-electron chi connectivity index (χ2n) is 5.53. The molecule has 1 atom stereocenters. The molecular weight excluding hydrogens is 304 g/mol. The highest BCUT2D eigenvalue weighted by Gasteiger charge is 2.08. The fraction of sp³-hybridized carbons (Fsp3) is 0.278. The first-order valence-electron chi connectivity index (χ1n) is 7.93. The van der Waals surface area contributed by atoms with Crippen LogP contribution in [0.3, 0.4) is 0 Å². The lowest BCUT2D eigenvalue weighted by molar-refractivity contribution is 0.0939. The maximum Gasteiger partial charge on any atom is 0.319 e. The zero-order chi connectivity index (χ0) is 17.4. The maximum atomic E-state index is 12.0. The van der Waals surface area contributed by atoms with Crippen LogP contribution in [0.2, 0.25) is 0 Å². The van der Waals surface area contributed by atoms with Gasteiger partial charge in [-0.2, -0.15) is 0 Å². The number of carbonyl (C=O) groups is 2. The highest BCUT2D eigenvalue weighted by molar-refractivity contribution is 5.95. The molecule has 0 saturated carbocycles. The lowest BCUT2D eigenvalue weighted by atomic mass is 10.1. The van der Waals surface area contributed by atoms with E-state index < -0.39 is 0 Å². The SMILES string of the molecule is CC[C@@H](C)NC(=O)c1ccc(NC(=O)NCc2cccnc2)cc1. The number of urea groups is 1. The lowest BCUT2D eigenvalue weighted by Crippen LogP contribution is -2.32. The topological polar surface area (TPSA) is 83.1 Å². The number of anilines is 1. The van der Waals surface area contributed by atoms with Crippen molar-refractivity contribution in [2.45, 2.75) is 32.9 Å². The van der Waals surface area contributed by atoms with Crippen LogP contribution in [0.25, 0.3) is 0 Å². The van der Waals surface area contributed by atoms with Gasteiger partial charge in [-0.25, -0.2) is 4.79 Å². The molecule has 126 valence electrons. The van der Waals surface area contributed by atoms with E-state index in [1.165, 1.54) is 0 Å². The van der Waals surface area contributed by atoms with Crippen molar-refractivity contribution in [3.8, 4) is 0 Å². The molecule has 0 saturated heterocycles. The average molecular weight is 326 g/mol. The molecule has 24 heavy (non-hydrogen) atoms. The van der Waals surface area contributed by atoms with Crippen molar-refractivity contribution in [2.75, 3.05) is 5.32 Å². The third-order valence-electron chi connectivity index (χ3n) is 3.57. The smallest absolute Gasteiger partial charge is 0.319 e. The Morgan fingerprint density at radius 2 is 1.92 bits per heavy atom. The molecule has 3 N–H and O–H groups in total. The Labute approximate surface area is 141 Å². The van der Waals surface area contributed by atoms with E-state index in [0.29, 0.717) is 17.8 Å². The molecule has 1 aromatic heterocycles. The summed E-state index contributed by atoms with van der Waals surface area (Å²) in [6, 6.07) is 10.3. The molecule has 0 aliphatic rings. The van der Waals surface area contributed by atoms with Gasteiger partial charge in [-0.3, -0.25) is 9.78 Å². The van der Waals surface area contributed by atoms with Gasteiger partial charge in [0.2, 0.25) is 0 Å². The van der Waals surface area contributed by atoms with Gasteiger partial charge < -0.3 is 16.0 Å². The number of hydrogen-bond acceptors (Lipinski definition) is 3. The number of nitrogens with one attached hydrogen (secondary N) is 3. The van der Waals surface area contributed by atoms with Crippen LogP contribution < -0.4 is 16.0 Å². The minimum atomic E-state index is -0.310. The number of pyridine rings is 1. The van der Waals surface area contributed by atoms with E-state index in [1.807, 2.05) is 26.0 Å². The average Bonchev–Trinajstić information content (AvgIpc) is 2.61. The maximum absolute atomic E-state index is 12.0.